The Balaban J connectivity index is 2.85. The van der Waals surface area contributed by atoms with Crippen molar-refractivity contribution in [3.8, 4) is 0 Å². The zero-order chi connectivity index (χ0) is 13.8. The first kappa shape index (κ1) is 14.6. The Labute approximate surface area is 114 Å². The van der Waals surface area contributed by atoms with Gasteiger partial charge in [0, 0.05) is 0 Å². The number of carbonyl (C=O) groups excluding carboxylic acids is 1. The van der Waals surface area contributed by atoms with Gasteiger partial charge in [-0.3, -0.25) is 4.79 Å². The summed E-state index contributed by atoms with van der Waals surface area (Å²) in [6.45, 7) is 5.61. The predicted molar refractivity (Wildman–Crippen MR) is 78.5 cm³/mol. The van der Waals surface area contributed by atoms with Crippen molar-refractivity contribution in [3.63, 3.8) is 0 Å². The van der Waals surface area contributed by atoms with E-state index in [9.17, 15) is 4.79 Å². The summed E-state index contributed by atoms with van der Waals surface area (Å²) in [5, 5.41) is 2.90. The van der Waals surface area contributed by atoms with Crippen molar-refractivity contribution in [1.82, 2.24) is 5.32 Å². The molecule has 0 aromatic heterocycles. The third-order valence-electron chi connectivity index (χ3n) is 2.98. The lowest BCUT2D eigenvalue weighted by Gasteiger charge is -2.27. The van der Waals surface area contributed by atoms with E-state index in [1.54, 1.807) is 0 Å². The van der Waals surface area contributed by atoms with Crippen LogP contribution in [0, 0.1) is 0 Å². The first-order valence-electron chi connectivity index (χ1n) is 6.05. The van der Waals surface area contributed by atoms with Gasteiger partial charge in [0.1, 0.15) is 0 Å². The molecular weight excluding hydrogens is 244 g/mol. The van der Waals surface area contributed by atoms with E-state index >= 15 is 0 Å². The smallest absolute Gasteiger partial charge is 0.228 e. The Morgan fingerprint density at radius 3 is 2.39 bits per heavy atom. The molecule has 1 aromatic carbocycles. The lowest BCUT2D eigenvalue weighted by molar-refractivity contribution is -0.123. The monoisotopic (exact) mass is 264 g/mol. The number of rotatable bonds is 5. The second-order valence-corrected chi connectivity index (χ2v) is 5.29. The van der Waals surface area contributed by atoms with Gasteiger partial charge < -0.3 is 11.1 Å². The van der Waals surface area contributed by atoms with E-state index < -0.39 is 5.54 Å². The molecule has 0 saturated carbocycles. The van der Waals surface area contributed by atoms with Crippen LogP contribution in [0.2, 0.25) is 0 Å². The zero-order valence-corrected chi connectivity index (χ0v) is 11.9. The van der Waals surface area contributed by atoms with Gasteiger partial charge in [-0.05, 0) is 25.8 Å². The predicted octanol–water partition coefficient (Wildman–Crippen LogP) is 2.36. The highest BCUT2D eigenvalue weighted by Gasteiger charge is 2.27. The topological polar surface area (TPSA) is 55.1 Å². The van der Waals surface area contributed by atoms with Crippen LogP contribution in [0.25, 0.3) is 0 Å². The normalized spacial score (nSPS) is 12.8. The molecule has 0 aliphatic heterocycles. The Morgan fingerprint density at radius 2 is 1.94 bits per heavy atom. The van der Waals surface area contributed by atoms with Crippen LogP contribution in [0.1, 0.15) is 38.7 Å². The number of benzene rings is 1. The number of nitrogens with one attached hydrogen (secondary N) is 1. The van der Waals surface area contributed by atoms with Crippen LogP contribution in [0.5, 0.6) is 0 Å². The largest absolute Gasteiger partial charge is 0.391 e. The van der Waals surface area contributed by atoms with Gasteiger partial charge in [0.15, 0.2) is 0 Å². The fourth-order valence-electron chi connectivity index (χ4n) is 1.71. The molecule has 0 saturated heterocycles. The molecule has 0 spiro atoms. The van der Waals surface area contributed by atoms with Gasteiger partial charge in [0.05, 0.1) is 16.4 Å². The highest BCUT2D eigenvalue weighted by Crippen LogP contribution is 2.20. The summed E-state index contributed by atoms with van der Waals surface area (Å²) in [6.07, 6.45) is 0.739. The average molecular weight is 264 g/mol. The molecular formula is C14H20N2OS. The van der Waals surface area contributed by atoms with Gasteiger partial charge in [-0.25, -0.2) is 0 Å². The Kier molecular flexibility index (Phi) is 4.84. The summed E-state index contributed by atoms with van der Waals surface area (Å²) < 4.78 is 0. The van der Waals surface area contributed by atoms with Crippen molar-refractivity contribution in [2.24, 2.45) is 5.73 Å². The first-order chi connectivity index (χ1) is 8.38. The van der Waals surface area contributed by atoms with E-state index in [0.29, 0.717) is 4.99 Å². The van der Waals surface area contributed by atoms with Crippen molar-refractivity contribution in [1.29, 1.82) is 0 Å². The number of carbonyl (C=O) groups is 1. The summed E-state index contributed by atoms with van der Waals surface area (Å²) in [5.74, 6) is -0.207. The quantitative estimate of drug-likeness (QED) is 0.803. The molecule has 0 radical (unpaired) electrons. The SMILES string of the molecule is CCC(C(=O)NC(C)(C)C(N)=S)c1ccccc1. The van der Waals surface area contributed by atoms with E-state index in [1.165, 1.54) is 0 Å². The van der Waals surface area contributed by atoms with Gasteiger partial charge in [-0.2, -0.15) is 0 Å². The lowest BCUT2D eigenvalue weighted by atomic mass is 9.94. The van der Waals surface area contributed by atoms with E-state index in [0.717, 1.165) is 12.0 Å². The van der Waals surface area contributed by atoms with Crippen LogP contribution in [0.15, 0.2) is 30.3 Å². The molecule has 1 amide bonds. The zero-order valence-electron chi connectivity index (χ0n) is 11.1. The summed E-state index contributed by atoms with van der Waals surface area (Å²) in [4.78, 5) is 12.6. The maximum Gasteiger partial charge on any atom is 0.228 e. The van der Waals surface area contributed by atoms with Crippen LogP contribution in [-0.2, 0) is 4.79 Å². The first-order valence-corrected chi connectivity index (χ1v) is 6.46. The summed E-state index contributed by atoms with van der Waals surface area (Å²) in [6, 6.07) is 9.73. The lowest BCUT2D eigenvalue weighted by Crippen LogP contribution is -2.53. The molecule has 1 unspecified atom stereocenters. The van der Waals surface area contributed by atoms with Gasteiger partial charge in [-0.15, -0.1) is 0 Å². The van der Waals surface area contributed by atoms with Crippen LogP contribution < -0.4 is 11.1 Å². The molecule has 0 fully saturated rings. The van der Waals surface area contributed by atoms with E-state index in [-0.39, 0.29) is 11.8 Å². The molecule has 0 aliphatic rings. The minimum absolute atomic E-state index is 0.0403. The van der Waals surface area contributed by atoms with E-state index in [1.807, 2.05) is 51.1 Å². The second-order valence-electron chi connectivity index (χ2n) is 4.85. The van der Waals surface area contributed by atoms with Crippen LogP contribution in [0.3, 0.4) is 0 Å². The molecule has 0 heterocycles. The molecule has 1 atom stereocenters. The van der Waals surface area contributed by atoms with Crippen molar-refractivity contribution in [2.45, 2.75) is 38.6 Å². The molecule has 4 heteroatoms. The third kappa shape index (κ3) is 3.53. The van der Waals surface area contributed by atoms with Gasteiger partial charge >= 0.3 is 0 Å². The number of nitrogens with two attached hydrogens (primary N) is 1. The van der Waals surface area contributed by atoms with Crippen LogP contribution >= 0.6 is 12.2 Å². The Hall–Kier alpha value is -1.42. The van der Waals surface area contributed by atoms with Crippen LogP contribution in [-0.4, -0.2) is 16.4 Å². The third-order valence-corrected chi connectivity index (χ3v) is 3.49. The minimum atomic E-state index is -0.658. The van der Waals surface area contributed by atoms with Crippen molar-refractivity contribution >= 4 is 23.1 Å². The number of hydrogen-bond acceptors (Lipinski definition) is 2. The summed E-state index contributed by atoms with van der Waals surface area (Å²) >= 11 is 4.95. The number of amides is 1. The molecule has 18 heavy (non-hydrogen) atoms. The fraction of sp³-hybridized carbons (Fsp3) is 0.429. The molecule has 98 valence electrons. The van der Waals surface area contributed by atoms with Gasteiger partial charge in [0.25, 0.3) is 0 Å². The maximum atomic E-state index is 12.3. The molecule has 0 bridgehead atoms. The molecule has 3 nitrogen and oxygen atoms in total. The van der Waals surface area contributed by atoms with E-state index in [2.05, 4.69) is 5.32 Å². The Bertz CT molecular complexity index is 429. The van der Waals surface area contributed by atoms with Crippen molar-refractivity contribution in [3.05, 3.63) is 35.9 Å². The fourth-order valence-corrected chi connectivity index (χ4v) is 1.77. The van der Waals surface area contributed by atoms with Gasteiger partial charge in [-0.1, -0.05) is 49.5 Å². The average Bonchev–Trinajstić information content (AvgIpc) is 2.30. The highest BCUT2D eigenvalue weighted by molar-refractivity contribution is 7.80. The van der Waals surface area contributed by atoms with Crippen LogP contribution in [0.4, 0.5) is 0 Å². The highest BCUT2D eigenvalue weighted by atomic mass is 32.1. The van der Waals surface area contributed by atoms with Gasteiger partial charge in [0.2, 0.25) is 5.91 Å². The molecule has 1 aromatic rings. The van der Waals surface area contributed by atoms with E-state index in [4.69, 9.17) is 18.0 Å². The summed E-state index contributed by atoms with van der Waals surface area (Å²) in [7, 11) is 0. The molecule has 3 N–H and O–H groups in total. The number of thiocarbonyl (C=S) groups is 1. The summed E-state index contributed by atoms with van der Waals surface area (Å²) in [5.41, 5.74) is 5.97. The molecule has 1 rings (SSSR count). The standard InChI is InChI=1S/C14H20N2OS/c1-4-11(10-8-6-5-7-9-10)12(17)16-14(2,3)13(15)18/h5-9,11H,4H2,1-3H3,(H2,15,18)(H,16,17). The Morgan fingerprint density at radius 1 is 1.39 bits per heavy atom. The second kappa shape index (κ2) is 5.96. The van der Waals surface area contributed by atoms with Crippen molar-refractivity contribution < 1.29 is 4.79 Å². The minimum Gasteiger partial charge on any atom is -0.391 e. The molecule has 0 aliphatic carbocycles. The number of hydrogen-bond donors (Lipinski definition) is 2. The maximum absolute atomic E-state index is 12.3. The van der Waals surface area contributed by atoms with Crippen molar-refractivity contribution in [2.75, 3.05) is 0 Å².